The van der Waals surface area contributed by atoms with Crippen LogP contribution in [0.1, 0.15) is 11.1 Å². The zero-order valence-corrected chi connectivity index (χ0v) is 11.3. The van der Waals surface area contributed by atoms with Crippen molar-refractivity contribution in [2.75, 3.05) is 17.7 Å². The summed E-state index contributed by atoms with van der Waals surface area (Å²) in [6, 6.07) is 5.71. The lowest BCUT2D eigenvalue weighted by Crippen LogP contribution is -2.03. The van der Waals surface area contributed by atoms with E-state index in [1.54, 1.807) is 13.2 Å². The van der Waals surface area contributed by atoms with Gasteiger partial charge in [0.15, 0.2) is 0 Å². The van der Waals surface area contributed by atoms with E-state index in [4.69, 9.17) is 11.6 Å². The SMILES string of the molecule is CNc1ncc(C)c(Nc2ccc(Cl)cc2C)n1. The fourth-order valence-corrected chi connectivity index (χ4v) is 1.81. The molecule has 0 aliphatic carbocycles. The number of aryl methyl sites for hydroxylation is 2. The smallest absolute Gasteiger partial charge is 0.224 e. The molecule has 1 aromatic heterocycles. The molecule has 5 heteroatoms. The number of halogens is 1. The molecule has 1 heterocycles. The third-order valence-corrected chi connectivity index (χ3v) is 2.87. The van der Waals surface area contributed by atoms with Crippen LogP contribution in [0.4, 0.5) is 17.5 Å². The number of hydrogen-bond acceptors (Lipinski definition) is 4. The summed E-state index contributed by atoms with van der Waals surface area (Å²) in [6.45, 7) is 3.97. The predicted molar refractivity (Wildman–Crippen MR) is 75.8 cm³/mol. The van der Waals surface area contributed by atoms with Crippen molar-refractivity contribution in [1.82, 2.24) is 9.97 Å². The Kier molecular flexibility index (Phi) is 3.67. The van der Waals surface area contributed by atoms with Gasteiger partial charge in [0.05, 0.1) is 0 Å². The van der Waals surface area contributed by atoms with E-state index >= 15 is 0 Å². The molecule has 2 aromatic rings. The highest BCUT2D eigenvalue weighted by Crippen LogP contribution is 2.24. The minimum atomic E-state index is 0.592. The lowest BCUT2D eigenvalue weighted by atomic mass is 10.2. The van der Waals surface area contributed by atoms with Crippen LogP contribution in [0.5, 0.6) is 0 Å². The second-order valence-corrected chi connectivity index (χ2v) is 4.50. The highest BCUT2D eigenvalue weighted by molar-refractivity contribution is 6.30. The van der Waals surface area contributed by atoms with Crippen LogP contribution in [0.15, 0.2) is 24.4 Å². The summed E-state index contributed by atoms with van der Waals surface area (Å²) >= 11 is 5.94. The van der Waals surface area contributed by atoms with Crippen LogP contribution in [-0.4, -0.2) is 17.0 Å². The highest BCUT2D eigenvalue weighted by atomic mass is 35.5. The lowest BCUT2D eigenvalue weighted by Gasteiger charge is -2.12. The van der Waals surface area contributed by atoms with Gasteiger partial charge >= 0.3 is 0 Å². The maximum Gasteiger partial charge on any atom is 0.224 e. The molecule has 0 aliphatic heterocycles. The summed E-state index contributed by atoms with van der Waals surface area (Å²) in [4.78, 5) is 8.54. The van der Waals surface area contributed by atoms with E-state index < -0.39 is 0 Å². The van der Waals surface area contributed by atoms with Crippen LogP contribution in [-0.2, 0) is 0 Å². The van der Waals surface area contributed by atoms with Crippen molar-refractivity contribution >= 4 is 29.1 Å². The minimum absolute atomic E-state index is 0.592. The van der Waals surface area contributed by atoms with Gasteiger partial charge < -0.3 is 10.6 Å². The van der Waals surface area contributed by atoms with Crippen molar-refractivity contribution in [3.05, 3.63) is 40.5 Å². The standard InChI is InChI=1S/C13H15ClN4/c1-8-6-10(14)4-5-11(8)17-12-9(2)7-16-13(15-3)18-12/h4-7H,1-3H3,(H2,15,16,17,18). The van der Waals surface area contributed by atoms with Crippen LogP contribution < -0.4 is 10.6 Å². The van der Waals surface area contributed by atoms with Crippen LogP contribution >= 0.6 is 11.6 Å². The average Bonchev–Trinajstić information content (AvgIpc) is 2.35. The molecule has 0 unspecified atom stereocenters. The zero-order chi connectivity index (χ0) is 13.1. The summed E-state index contributed by atoms with van der Waals surface area (Å²) in [5.74, 6) is 1.38. The van der Waals surface area contributed by atoms with Gasteiger partial charge in [0.1, 0.15) is 5.82 Å². The Bertz CT molecular complexity index is 569. The fraction of sp³-hybridized carbons (Fsp3) is 0.231. The molecule has 0 saturated carbocycles. The van der Waals surface area contributed by atoms with E-state index in [0.717, 1.165) is 27.7 Å². The van der Waals surface area contributed by atoms with Gasteiger partial charge in [-0.2, -0.15) is 4.98 Å². The first-order chi connectivity index (χ1) is 8.60. The Balaban J connectivity index is 2.33. The van der Waals surface area contributed by atoms with Crippen molar-refractivity contribution in [1.29, 1.82) is 0 Å². The normalized spacial score (nSPS) is 10.2. The van der Waals surface area contributed by atoms with Crippen LogP contribution in [0.3, 0.4) is 0 Å². The molecule has 1 aromatic carbocycles. The molecule has 0 saturated heterocycles. The molecule has 4 nitrogen and oxygen atoms in total. The molecular formula is C13H15ClN4. The molecular weight excluding hydrogens is 248 g/mol. The second kappa shape index (κ2) is 5.23. The molecule has 0 aliphatic rings. The van der Waals surface area contributed by atoms with E-state index in [1.807, 2.05) is 32.0 Å². The van der Waals surface area contributed by atoms with E-state index in [0.29, 0.717) is 5.95 Å². The van der Waals surface area contributed by atoms with Gasteiger partial charge in [-0.1, -0.05) is 11.6 Å². The zero-order valence-electron chi connectivity index (χ0n) is 10.6. The van der Waals surface area contributed by atoms with Gasteiger partial charge in [0.25, 0.3) is 0 Å². The minimum Gasteiger partial charge on any atom is -0.357 e. The topological polar surface area (TPSA) is 49.8 Å². The summed E-state index contributed by atoms with van der Waals surface area (Å²) in [5, 5.41) is 6.94. The fourth-order valence-electron chi connectivity index (χ4n) is 1.58. The van der Waals surface area contributed by atoms with Crippen molar-refractivity contribution < 1.29 is 0 Å². The molecule has 0 radical (unpaired) electrons. The van der Waals surface area contributed by atoms with Gasteiger partial charge in [-0.3, -0.25) is 0 Å². The summed E-state index contributed by atoms with van der Waals surface area (Å²) < 4.78 is 0. The molecule has 94 valence electrons. The largest absolute Gasteiger partial charge is 0.357 e. The monoisotopic (exact) mass is 262 g/mol. The molecule has 0 amide bonds. The van der Waals surface area contributed by atoms with Gasteiger partial charge in [-0.15, -0.1) is 0 Å². The van der Waals surface area contributed by atoms with E-state index in [9.17, 15) is 0 Å². The average molecular weight is 263 g/mol. The van der Waals surface area contributed by atoms with Crippen LogP contribution in [0.25, 0.3) is 0 Å². The number of nitrogens with zero attached hydrogens (tertiary/aromatic N) is 2. The van der Waals surface area contributed by atoms with Crippen LogP contribution in [0, 0.1) is 13.8 Å². The Morgan fingerprint density at radius 2 is 1.94 bits per heavy atom. The summed E-state index contributed by atoms with van der Waals surface area (Å²) in [6.07, 6.45) is 1.78. The number of aromatic nitrogens is 2. The van der Waals surface area contributed by atoms with E-state index in [-0.39, 0.29) is 0 Å². The van der Waals surface area contributed by atoms with E-state index in [2.05, 4.69) is 20.6 Å². The third kappa shape index (κ3) is 2.71. The number of hydrogen-bond donors (Lipinski definition) is 2. The lowest BCUT2D eigenvalue weighted by molar-refractivity contribution is 1.12. The Morgan fingerprint density at radius 3 is 2.61 bits per heavy atom. The van der Waals surface area contributed by atoms with Crippen molar-refractivity contribution in [2.45, 2.75) is 13.8 Å². The van der Waals surface area contributed by atoms with Gasteiger partial charge in [-0.25, -0.2) is 4.98 Å². The molecule has 2 rings (SSSR count). The van der Waals surface area contributed by atoms with Gasteiger partial charge in [0, 0.05) is 29.5 Å². The van der Waals surface area contributed by atoms with Crippen molar-refractivity contribution in [3.8, 4) is 0 Å². The highest BCUT2D eigenvalue weighted by Gasteiger charge is 2.05. The second-order valence-electron chi connectivity index (χ2n) is 4.06. The number of rotatable bonds is 3. The molecule has 0 fully saturated rings. The number of benzene rings is 1. The third-order valence-electron chi connectivity index (χ3n) is 2.64. The van der Waals surface area contributed by atoms with Crippen LogP contribution in [0.2, 0.25) is 5.02 Å². The summed E-state index contributed by atoms with van der Waals surface area (Å²) in [5.41, 5.74) is 3.05. The van der Waals surface area contributed by atoms with Gasteiger partial charge in [-0.05, 0) is 37.6 Å². The van der Waals surface area contributed by atoms with E-state index in [1.165, 1.54) is 0 Å². The maximum absolute atomic E-state index is 5.94. The predicted octanol–water partition coefficient (Wildman–Crippen LogP) is 3.53. The van der Waals surface area contributed by atoms with Gasteiger partial charge in [0.2, 0.25) is 5.95 Å². The Hall–Kier alpha value is -1.81. The van der Waals surface area contributed by atoms with Crippen molar-refractivity contribution in [3.63, 3.8) is 0 Å². The maximum atomic E-state index is 5.94. The Morgan fingerprint density at radius 1 is 1.17 bits per heavy atom. The summed E-state index contributed by atoms with van der Waals surface area (Å²) in [7, 11) is 1.79. The first-order valence-electron chi connectivity index (χ1n) is 5.64. The Labute approximate surface area is 111 Å². The molecule has 18 heavy (non-hydrogen) atoms. The molecule has 0 atom stereocenters. The number of anilines is 3. The quantitative estimate of drug-likeness (QED) is 0.888. The first kappa shape index (κ1) is 12.6. The van der Waals surface area contributed by atoms with Crippen molar-refractivity contribution in [2.24, 2.45) is 0 Å². The molecule has 0 spiro atoms. The molecule has 0 bridgehead atoms. The first-order valence-corrected chi connectivity index (χ1v) is 6.02. The molecule has 2 N–H and O–H groups in total. The number of nitrogens with one attached hydrogen (secondary N) is 2.